The van der Waals surface area contributed by atoms with Gasteiger partial charge in [0.15, 0.2) is 4.77 Å². The molecule has 0 aliphatic carbocycles. The summed E-state index contributed by atoms with van der Waals surface area (Å²) < 4.78 is 1.13. The number of amides is 2. The van der Waals surface area contributed by atoms with E-state index in [4.69, 9.17) is 12.2 Å². The molecule has 28 heavy (non-hydrogen) atoms. The van der Waals surface area contributed by atoms with Gasteiger partial charge in [-0.15, -0.1) is 0 Å². The Bertz CT molecular complexity index is 1170. The summed E-state index contributed by atoms with van der Waals surface area (Å²) in [6.07, 6.45) is 0.109. The predicted octanol–water partition coefficient (Wildman–Crippen LogP) is 2.18. The molecule has 4 rings (SSSR count). The number of likely N-dealkylation sites (tertiary alicyclic amines) is 1. The van der Waals surface area contributed by atoms with Crippen LogP contribution in [0.3, 0.4) is 0 Å². The molecule has 1 fully saturated rings. The van der Waals surface area contributed by atoms with Gasteiger partial charge >= 0.3 is 0 Å². The highest BCUT2D eigenvalue weighted by atomic mass is 32.1. The standard InChI is InChI=1S/C20H18N4O3S/c25-17-10-14(12-23(17)11-13-6-2-1-3-7-13)18(26)22-24-19(27)15-8-4-5-9-16(15)21-20(24)28/h1-9,14H,10-12H2,(H,21,28)(H,22,26). The van der Waals surface area contributed by atoms with Crippen molar-refractivity contribution in [1.29, 1.82) is 0 Å². The fourth-order valence-electron chi connectivity index (χ4n) is 3.37. The zero-order valence-electron chi connectivity index (χ0n) is 14.9. The Labute approximate surface area is 165 Å². The number of H-pyrrole nitrogens is 1. The Morgan fingerprint density at radius 2 is 1.82 bits per heavy atom. The minimum atomic E-state index is -0.538. The van der Waals surface area contributed by atoms with E-state index in [9.17, 15) is 14.4 Å². The Hall–Kier alpha value is -3.26. The number of rotatable bonds is 4. The van der Waals surface area contributed by atoms with E-state index in [2.05, 4.69) is 10.4 Å². The Kier molecular flexibility index (Phi) is 4.79. The molecule has 0 saturated carbocycles. The summed E-state index contributed by atoms with van der Waals surface area (Å²) in [6.45, 7) is 0.762. The maximum atomic E-state index is 12.7. The molecule has 3 aromatic rings. The van der Waals surface area contributed by atoms with Gasteiger partial charge < -0.3 is 9.88 Å². The van der Waals surface area contributed by atoms with Crippen molar-refractivity contribution in [3.63, 3.8) is 0 Å². The number of nitrogens with one attached hydrogen (secondary N) is 2. The molecule has 1 aliphatic rings. The summed E-state index contributed by atoms with van der Waals surface area (Å²) >= 11 is 5.21. The summed E-state index contributed by atoms with van der Waals surface area (Å²) in [5.74, 6) is -1.02. The molecule has 1 aromatic heterocycles. The van der Waals surface area contributed by atoms with E-state index in [1.807, 2.05) is 30.3 Å². The van der Waals surface area contributed by atoms with Crippen molar-refractivity contribution < 1.29 is 9.59 Å². The summed E-state index contributed by atoms with van der Waals surface area (Å²) in [4.78, 5) is 42.2. The zero-order chi connectivity index (χ0) is 19.7. The lowest BCUT2D eigenvalue weighted by atomic mass is 10.1. The van der Waals surface area contributed by atoms with Gasteiger partial charge in [0.05, 0.1) is 16.8 Å². The summed E-state index contributed by atoms with van der Waals surface area (Å²) in [6, 6.07) is 16.6. The molecule has 1 aliphatic heterocycles. The molecule has 8 heteroatoms. The summed E-state index contributed by atoms with van der Waals surface area (Å²) in [5.41, 5.74) is 3.77. The Morgan fingerprint density at radius 3 is 2.61 bits per heavy atom. The zero-order valence-corrected chi connectivity index (χ0v) is 15.7. The average molecular weight is 394 g/mol. The van der Waals surface area contributed by atoms with Gasteiger partial charge in [-0.1, -0.05) is 42.5 Å². The minimum Gasteiger partial charge on any atom is -0.338 e. The highest BCUT2D eigenvalue weighted by Crippen LogP contribution is 2.20. The number of hydrogen-bond acceptors (Lipinski definition) is 4. The first-order valence-corrected chi connectivity index (χ1v) is 9.30. The first-order valence-electron chi connectivity index (χ1n) is 8.89. The summed E-state index contributed by atoms with van der Waals surface area (Å²) in [7, 11) is 0. The van der Waals surface area contributed by atoms with Crippen LogP contribution < -0.4 is 11.0 Å². The molecule has 1 atom stereocenters. The summed E-state index contributed by atoms with van der Waals surface area (Å²) in [5, 5.41) is 0.421. The molecule has 7 nitrogen and oxygen atoms in total. The first kappa shape index (κ1) is 18.1. The highest BCUT2D eigenvalue weighted by molar-refractivity contribution is 7.71. The molecular weight excluding hydrogens is 376 g/mol. The van der Waals surface area contributed by atoms with E-state index >= 15 is 0 Å². The van der Waals surface area contributed by atoms with Crippen LogP contribution >= 0.6 is 12.2 Å². The molecule has 2 aromatic carbocycles. The quantitative estimate of drug-likeness (QED) is 0.664. The van der Waals surface area contributed by atoms with Crippen LogP contribution in [-0.4, -0.2) is 32.9 Å². The molecular formula is C20H18N4O3S. The number of aromatic amines is 1. The second kappa shape index (κ2) is 7.40. The van der Waals surface area contributed by atoms with E-state index < -0.39 is 17.4 Å². The number of hydrogen-bond donors (Lipinski definition) is 2. The second-order valence-electron chi connectivity index (χ2n) is 6.75. The van der Waals surface area contributed by atoms with Gasteiger partial charge in [-0.25, -0.2) is 0 Å². The number of benzene rings is 2. The maximum Gasteiger partial charge on any atom is 0.281 e. The van der Waals surface area contributed by atoms with Crippen molar-refractivity contribution in [2.24, 2.45) is 5.92 Å². The molecule has 142 valence electrons. The number of fused-ring (bicyclic) bond motifs is 1. The Morgan fingerprint density at radius 1 is 1.11 bits per heavy atom. The van der Waals surface area contributed by atoms with E-state index in [0.717, 1.165) is 10.2 Å². The topological polar surface area (TPSA) is 87.2 Å². The maximum absolute atomic E-state index is 12.7. The molecule has 1 unspecified atom stereocenters. The van der Waals surface area contributed by atoms with Gasteiger partial charge in [0.25, 0.3) is 5.56 Å². The number of para-hydroxylation sites is 1. The van der Waals surface area contributed by atoms with Crippen LogP contribution in [0.5, 0.6) is 0 Å². The van der Waals surface area contributed by atoms with Crippen LogP contribution in [0.2, 0.25) is 0 Å². The van der Waals surface area contributed by atoms with E-state index in [0.29, 0.717) is 24.0 Å². The fraction of sp³-hybridized carbons (Fsp3) is 0.200. The van der Waals surface area contributed by atoms with Crippen LogP contribution in [0.4, 0.5) is 0 Å². The molecule has 0 bridgehead atoms. The van der Waals surface area contributed by atoms with Crippen molar-refractivity contribution in [3.05, 3.63) is 75.3 Å². The number of carbonyl (C=O) groups is 2. The minimum absolute atomic E-state index is 0.0833. The van der Waals surface area contributed by atoms with Gasteiger partial charge in [-0.05, 0) is 29.9 Å². The van der Waals surface area contributed by atoms with E-state index in [1.54, 1.807) is 29.2 Å². The lowest BCUT2D eigenvalue weighted by Crippen LogP contribution is -2.38. The van der Waals surface area contributed by atoms with Gasteiger partial charge in [-0.2, -0.15) is 4.68 Å². The lowest BCUT2D eigenvalue weighted by molar-refractivity contribution is -0.128. The van der Waals surface area contributed by atoms with Crippen LogP contribution in [-0.2, 0) is 16.1 Å². The van der Waals surface area contributed by atoms with Crippen molar-refractivity contribution in [2.45, 2.75) is 13.0 Å². The molecule has 2 heterocycles. The van der Waals surface area contributed by atoms with Crippen LogP contribution in [0.15, 0.2) is 59.4 Å². The van der Waals surface area contributed by atoms with E-state index in [1.165, 1.54) is 0 Å². The van der Waals surface area contributed by atoms with Crippen molar-refractivity contribution in [1.82, 2.24) is 14.6 Å². The fourth-order valence-corrected chi connectivity index (χ4v) is 3.61. The SMILES string of the molecule is O=C(Nn1c(=S)[nH]c2ccccc2c1=O)C1CC(=O)N(Cc2ccccc2)C1. The third kappa shape index (κ3) is 3.46. The van der Waals surface area contributed by atoms with Crippen LogP contribution in [0.25, 0.3) is 10.9 Å². The monoisotopic (exact) mass is 394 g/mol. The van der Waals surface area contributed by atoms with Gasteiger partial charge in [0, 0.05) is 19.5 Å². The van der Waals surface area contributed by atoms with Gasteiger partial charge in [-0.3, -0.25) is 19.8 Å². The Balaban J connectivity index is 1.52. The van der Waals surface area contributed by atoms with Gasteiger partial charge in [0.1, 0.15) is 0 Å². The molecule has 1 saturated heterocycles. The molecule has 2 amide bonds. The third-order valence-electron chi connectivity index (χ3n) is 4.83. The largest absolute Gasteiger partial charge is 0.338 e. The average Bonchev–Trinajstić information content (AvgIpc) is 3.06. The molecule has 0 spiro atoms. The third-order valence-corrected chi connectivity index (χ3v) is 5.11. The highest BCUT2D eigenvalue weighted by Gasteiger charge is 2.34. The van der Waals surface area contributed by atoms with Gasteiger partial charge in [0.2, 0.25) is 11.8 Å². The van der Waals surface area contributed by atoms with Crippen LogP contribution in [0.1, 0.15) is 12.0 Å². The lowest BCUT2D eigenvalue weighted by Gasteiger charge is -2.17. The predicted molar refractivity (Wildman–Crippen MR) is 108 cm³/mol. The number of carbonyl (C=O) groups excluding carboxylic acids is 2. The van der Waals surface area contributed by atoms with E-state index in [-0.39, 0.29) is 17.1 Å². The van der Waals surface area contributed by atoms with Crippen LogP contribution in [0, 0.1) is 10.7 Å². The first-order chi connectivity index (χ1) is 13.5. The van der Waals surface area contributed by atoms with Crippen molar-refractivity contribution >= 4 is 34.9 Å². The van der Waals surface area contributed by atoms with Crippen molar-refractivity contribution in [2.75, 3.05) is 12.0 Å². The molecule has 2 N–H and O–H groups in total. The number of nitrogens with zero attached hydrogens (tertiary/aromatic N) is 2. The van der Waals surface area contributed by atoms with Crippen molar-refractivity contribution in [3.8, 4) is 0 Å². The second-order valence-corrected chi connectivity index (χ2v) is 7.14. The normalized spacial score (nSPS) is 16.5. The molecule has 0 radical (unpaired) electrons. The number of aromatic nitrogens is 2. The smallest absolute Gasteiger partial charge is 0.281 e.